The molecule has 1 fully saturated rings. The van der Waals surface area contributed by atoms with Gasteiger partial charge in [-0.2, -0.15) is 0 Å². The van der Waals surface area contributed by atoms with Crippen LogP contribution in [-0.2, 0) is 9.31 Å². The van der Waals surface area contributed by atoms with Gasteiger partial charge in [-0.1, -0.05) is 26.2 Å². The summed E-state index contributed by atoms with van der Waals surface area (Å²) in [4.78, 5) is 0. The molecule has 1 heterocycles. The van der Waals surface area contributed by atoms with E-state index in [4.69, 9.17) is 9.31 Å². The van der Waals surface area contributed by atoms with Gasteiger partial charge in [-0.15, -0.1) is 6.58 Å². The number of rotatable bonds is 3. The molecule has 1 saturated heterocycles. The molecule has 0 aromatic heterocycles. The fraction of sp³-hybridized carbons (Fsp3) is 0.778. The second kappa shape index (κ2) is 4.10. The van der Waals surface area contributed by atoms with E-state index in [-0.39, 0.29) is 12.5 Å². The van der Waals surface area contributed by atoms with Crippen LogP contribution >= 0.6 is 0 Å². The lowest BCUT2D eigenvalue weighted by Crippen LogP contribution is -2.41. The van der Waals surface area contributed by atoms with Crippen molar-refractivity contribution in [2.24, 2.45) is 5.41 Å². The zero-order valence-electron chi connectivity index (χ0n) is 8.01. The van der Waals surface area contributed by atoms with Gasteiger partial charge in [-0.3, -0.25) is 0 Å². The third kappa shape index (κ3) is 2.36. The second-order valence-electron chi connectivity index (χ2n) is 3.79. The van der Waals surface area contributed by atoms with E-state index in [1.807, 2.05) is 0 Å². The molecule has 0 N–H and O–H groups in total. The lowest BCUT2D eigenvalue weighted by Gasteiger charge is -2.35. The summed E-state index contributed by atoms with van der Waals surface area (Å²) in [5, 5.41) is 0. The van der Waals surface area contributed by atoms with Crippen LogP contribution in [0.4, 0.5) is 0 Å². The van der Waals surface area contributed by atoms with Crippen molar-refractivity contribution in [3.8, 4) is 0 Å². The Bertz CT molecular complexity index is 151. The first-order valence-corrected chi connectivity index (χ1v) is 4.56. The average molecular weight is 168 g/mol. The molecule has 1 aliphatic rings. The van der Waals surface area contributed by atoms with Gasteiger partial charge in [0, 0.05) is 18.6 Å². The third-order valence-corrected chi connectivity index (χ3v) is 2.24. The Hall–Kier alpha value is -0.275. The monoisotopic (exact) mass is 168 g/mol. The van der Waals surface area contributed by atoms with Crippen molar-refractivity contribution < 1.29 is 9.31 Å². The second-order valence-corrected chi connectivity index (χ2v) is 3.79. The smallest absolute Gasteiger partial charge is 0.407 e. The van der Waals surface area contributed by atoms with Crippen molar-refractivity contribution in [2.75, 3.05) is 13.2 Å². The van der Waals surface area contributed by atoms with E-state index in [0.717, 1.165) is 19.6 Å². The van der Waals surface area contributed by atoms with Gasteiger partial charge in [0.2, 0.25) is 0 Å². The molecular formula is C9H17BO2. The molecular weight excluding hydrogens is 151 g/mol. The Labute approximate surface area is 75.1 Å². The van der Waals surface area contributed by atoms with Crippen molar-refractivity contribution in [1.29, 1.82) is 0 Å². The van der Waals surface area contributed by atoms with E-state index in [2.05, 4.69) is 20.4 Å². The molecule has 0 amide bonds. The van der Waals surface area contributed by atoms with Gasteiger partial charge in [0.25, 0.3) is 0 Å². The maximum atomic E-state index is 5.46. The molecule has 0 bridgehead atoms. The van der Waals surface area contributed by atoms with Crippen LogP contribution in [-0.4, -0.2) is 20.3 Å². The van der Waals surface area contributed by atoms with E-state index in [9.17, 15) is 0 Å². The standard InChI is InChI=1S/C9H17BO2/c1-4-6-9(3)7-11-10(5-2)12-8-9/h5H,2,4,6-8H2,1,3H3. The quantitative estimate of drug-likeness (QED) is 0.600. The minimum Gasteiger partial charge on any atom is -0.407 e. The fourth-order valence-corrected chi connectivity index (χ4v) is 1.54. The lowest BCUT2D eigenvalue weighted by atomic mass is 9.81. The van der Waals surface area contributed by atoms with Gasteiger partial charge in [0.1, 0.15) is 0 Å². The number of hydrogen-bond acceptors (Lipinski definition) is 2. The normalized spacial score (nSPS) is 22.3. The van der Waals surface area contributed by atoms with Crippen LogP contribution in [0.25, 0.3) is 0 Å². The third-order valence-electron chi connectivity index (χ3n) is 2.24. The summed E-state index contributed by atoms with van der Waals surface area (Å²) in [6.45, 7) is 9.60. The molecule has 3 heteroatoms. The topological polar surface area (TPSA) is 18.5 Å². The Kier molecular flexibility index (Phi) is 3.35. The van der Waals surface area contributed by atoms with Gasteiger partial charge in [0.05, 0.1) is 0 Å². The molecule has 0 saturated carbocycles. The highest BCUT2D eigenvalue weighted by atomic mass is 16.6. The molecule has 68 valence electrons. The van der Waals surface area contributed by atoms with E-state index in [0.29, 0.717) is 0 Å². The molecule has 1 rings (SSSR count). The lowest BCUT2D eigenvalue weighted by molar-refractivity contribution is 0.0154. The van der Waals surface area contributed by atoms with Gasteiger partial charge in [-0.25, -0.2) is 0 Å². The predicted octanol–water partition coefficient (Wildman–Crippen LogP) is 2.05. The SMILES string of the molecule is C=CB1OCC(C)(CCC)CO1. The molecule has 0 spiro atoms. The summed E-state index contributed by atoms with van der Waals surface area (Å²) < 4.78 is 10.9. The Morgan fingerprint density at radius 3 is 2.50 bits per heavy atom. The summed E-state index contributed by atoms with van der Waals surface area (Å²) in [7, 11) is -0.185. The summed E-state index contributed by atoms with van der Waals surface area (Å²) >= 11 is 0. The first kappa shape index (κ1) is 9.81. The summed E-state index contributed by atoms with van der Waals surface area (Å²) in [5.74, 6) is 1.70. The van der Waals surface area contributed by atoms with E-state index >= 15 is 0 Å². The summed E-state index contributed by atoms with van der Waals surface area (Å²) in [5.41, 5.74) is 0.217. The molecule has 0 unspecified atom stereocenters. The van der Waals surface area contributed by atoms with Crippen LogP contribution in [0.5, 0.6) is 0 Å². The molecule has 0 aliphatic carbocycles. The largest absolute Gasteiger partial charge is 0.485 e. The molecule has 1 aliphatic heterocycles. The van der Waals surface area contributed by atoms with Crippen LogP contribution in [0.2, 0.25) is 0 Å². The summed E-state index contributed by atoms with van der Waals surface area (Å²) in [6, 6.07) is 0. The highest BCUT2D eigenvalue weighted by Gasteiger charge is 2.32. The molecule has 0 atom stereocenters. The first-order chi connectivity index (χ1) is 5.70. The maximum absolute atomic E-state index is 5.46. The van der Waals surface area contributed by atoms with Gasteiger partial charge < -0.3 is 9.31 Å². The maximum Gasteiger partial charge on any atom is 0.485 e. The molecule has 0 aromatic carbocycles. The number of hydrogen-bond donors (Lipinski definition) is 0. The molecule has 2 nitrogen and oxygen atoms in total. The zero-order chi connectivity index (χ0) is 9.03. The van der Waals surface area contributed by atoms with Crippen molar-refractivity contribution in [1.82, 2.24) is 0 Å². The van der Waals surface area contributed by atoms with Crippen LogP contribution in [0.3, 0.4) is 0 Å². The highest BCUT2D eigenvalue weighted by molar-refractivity contribution is 6.50. The fourth-order valence-electron chi connectivity index (χ4n) is 1.54. The molecule has 0 radical (unpaired) electrons. The molecule has 12 heavy (non-hydrogen) atoms. The van der Waals surface area contributed by atoms with Gasteiger partial charge in [0.15, 0.2) is 0 Å². The van der Waals surface area contributed by atoms with Crippen LogP contribution in [0.1, 0.15) is 26.7 Å². The van der Waals surface area contributed by atoms with Crippen LogP contribution < -0.4 is 0 Å². The first-order valence-electron chi connectivity index (χ1n) is 4.56. The Morgan fingerprint density at radius 2 is 2.08 bits per heavy atom. The Morgan fingerprint density at radius 1 is 1.50 bits per heavy atom. The minimum absolute atomic E-state index is 0.185. The van der Waals surface area contributed by atoms with Crippen molar-refractivity contribution in [3.05, 3.63) is 12.6 Å². The van der Waals surface area contributed by atoms with Gasteiger partial charge in [-0.05, 0) is 6.42 Å². The van der Waals surface area contributed by atoms with E-state index in [1.165, 1.54) is 6.42 Å². The van der Waals surface area contributed by atoms with Crippen molar-refractivity contribution >= 4 is 7.12 Å². The molecule has 0 aromatic rings. The minimum atomic E-state index is -0.185. The van der Waals surface area contributed by atoms with Crippen molar-refractivity contribution in [3.63, 3.8) is 0 Å². The van der Waals surface area contributed by atoms with Crippen molar-refractivity contribution in [2.45, 2.75) is 26.7 Å². The van der Waals surface area contributed by atoms with Crippen LogP contribution in [0.15, 0.2) is 12.6 Å². The van der Waals surface area contributed by atoms with E-state index < -0.39 is 0 Å². The van der Waals surface area contributed by atoms with Crippen LogP contribution in [0, 0.1) is 5.41 Å². The highest BCUT2D eigenvalue weighted by Crippen LogP contribution is 2.27. The van der Waals surface area contributed by atoms with Gasteiger partial charge >= 0.3 is 7.12 Å². The van der Waals surface area contributed by atoms with E-state index in [1.54, 1.807) is 5.98 Å². The average Bonchev–Trinajstić information content (AvgIpc) is 2.06. The zero-order valence-corrected chi connectivity index (χ0v) is 8.01. The predicted molar refractivity (Wildman–Crippen MR) is 50.9 cm³/mol. The Balaban J connectivity index is 2.38. The summed E-state index contributed by atoms with van der Waals surface area (Å²) in [6.07, 6.45) is 2.35.